The standard InChI is InChI=1S/C30H40F2N4O4/c1-5-20-8-7-9-21(10-20)15-33-16-27(37)25(13-22-11-23(31)14-24(32)12-22)34-28(38)18-35-17-26(19(3)4)36(6-2)30(40)29(35)39/h7-12,14,19,25-27,33,37H,5-6,13,15-18H2,1-4H3,(H,34,38)/t25-,26+,27-/m0/s1. The molecule has 10 heteroatoms. The van der Waals surface area contributed by atoms with Crippen LogP contribution in [0, 0.1) is 17.6 Å². The minimum Gasteiger partial charge on any atom is -0.390 e. The Morgan fingerprint density at radius 3 is 2.33 bits per heavy atom. The number of carbonyl (C=O) groups is 3. The second-order valence-electron chi connectivity index (χ2n) is 10.6. The first-order valence-corrected chi connectivity index (χ1v) is 13.8. The fraction of sp³-hybridized carbons (Fsp3) is 0.500. The molecule has 2 aromatic rings. The van der Waals surface area contributed by atoms with Gasteiger partial charge in [-0.25, -0.2) is 8.78 Å². The molecule has 1 heterocycles. The van der Waals surface area contributed by atoms with Gasteiger partial charge in [0.1, 0.15) is 18.2 Å². The summed E-state index contributed by atoms with van der Waals surface area (Å²) in [7, 11) is 0. The Balaban J connectivity index is 1.70. The highest BCUT2D eigenvalue weighted by molar-refractivity contribution is 6.35. The molecule has 3 amide bonds. The molecule has 1 saturated heterocycles. The van der Waals surface area contributed by atoms with Crippen LogP contribution in [0.15, 0.2) is 42.5 Å². The summed E-state index contributed by atoms with van der Waals surface area (Å²) < 4.78 is 27.7. The quantitative estimate of drug-likeness (QED) is 0.328. The molecule has 0 spiro atoms. The van der Waals surface area contributed by atoms with E-state index in [-0.39, 0.29) is 43.6 Å². The third-order valence-corrected chi connectivity index (χ3v) is 7.25. The number of hydrogen-bond acceptors (Lipinski definition) is 5. The van der Waals surface area contributed by atoms with Crippen LogP contribution in [0.3, 0.4) is 0 Å². The van der Waals surface area contributed by atoms with Gasteiger partial charge >= 0.3 is 11.8 Å². The fourth-order valence-corrected chi connectivity index (χ4v) is 5.06. The zero-order chi connectivity index (χ0) is 29.4. The molecule has 1 fully saturated rings. The summed E-state index contributed by atoms with van der Waals surface area (Å²) in [5.41, 5.74) is 2.49. The molecular weight excluding hydrogens is 518 g/mol. The number of benzene rings is 2. The first-order valence-electron chi connectivity index (χ1n) is 13.8. The van der Waals surface area contributed by atoms with Crippen molar-refractivity contribution in [2.45, 2.75) is 65.3 Å². The van der Waals surface area contributed by atoms with E-state index in [1.807, 2.05) is 32.0 Å². The van der Waals surface area contributed by atoms with Gasteiger partial charge < -0.3 is 25.5 Å². The van der Waals surface area contributed by atoms with E-state index in [2.05, 4.69) is 23.6 Å². The van der Waals surface area contributed by atoms with E-state index in [0.29, 0.717) is 13.1 Å². The molecule has 0 saturated carbocycles. The first kappa shape index (κ1) is 31.2. The van der Waals surface area contributed by atoms with Crippen molar-refractivity contribution in [3.63, 3.8) is 0 Å². The third kappa shape index (κ3) is 8.32. The molecule has 8 nitrogen and oxygen atoms in total. The lowest BCUT2D eigenvalue weighted by Gasteiger charge is -2.41. The van der Waals surface area contributed by atoms with Crippen molar-refractivity contribution >= 4 is 17.7 Å². The second-order valence-corrected chi connectivity index (χ2v) is 10.6. The van der Waals surface area contributed by atoms with Crippen molar-refractivity contribution in [3.05, 3.63) is 70.8 Å². The Labute approximate surface area is 234 Å². The zero-order valence-electron chi connectivity index (χ0n) is 23.6. The Kier molecular flexibility index (Phi) is 11.2. The number of aliphatic hydroxyl groups is 1. The Morgan fingerprint density at radius 2 is 1.70 bits per heavy atom. The number of nitrogens with one attached hydrogen (secondary N) is 2. The number of aliphatic hydroxyl groups excluding tert-OH is 1. The van der Waals surface area contributed by atoms with Crippen molar-refractivity contribution in [2.24, 2.45) is 5.92 Å². The van der Waals surface area contributed by atoms with Crippen LogP contribution in [0.4, 0.5) is 8.78 Å². The highest BCUT2D eigenvalue weighted by Crippen LogP contribution is 2.19. The van der Waals surface area contributed by atoms with Crippen molar-refractivity contribution in [3.8, 4) is 0 Å². The lowest BCUT2D eigenvalue weighted by Crippen LogP contribution is -2.62. The number of hydrogen-bond donors (Lipinski definition) is 3. The van der Waals surface area contributed by atoms with Crippen molar-refractivity contribution in [1.29, 1.82) is 0 Å². The normalized spacial score (nSPS) is 17.4. The average molecular weight is 559 g/mol. The number of halogens is 2. The third-order valence-electron chi connectivity index (χ3n) is 7.25. The van der Waals surface area contributed by atoms with E-state index in [1.165, 1.54) is 15.4 Å². The van der Waals surface area contributed by atoms with Gasteiger partial charge in [-0.2, -0.15) is 0 Å². The van der Waals surface area contributed by atoms with Crippen LogP contribution < -0.4 is 10.6 Å². The molecule has 1 aliphatic heterocycles. The number of nitrogens with zero attached hydrogens (tertiary/aromatic N) is 2. The fourth-order valence-electron chi connectivity index (χ4n) is 5.06. The highest BCUT2D eigenvalue weighted by Gasteiger charge is 2.40. The summed E-state index contributed by atoms with van der Waals surface area (Å²) in [5.74, 6) is -3.44. The minimum absolute atomic E-state index is 0.0420. The molecular formula is C30H40F2N4O4. The van der Waals surface area contributed by atoms with Gasteiger partial charge in [0.25, 0.3) is 0 Å². The lowest BCUT2D eigenvalue weighted by molar-refractivity contribution is -0.160. The predicted molar refractivity (Wildman–Crippen MR) is 148 cm³/mol. The van der Waals surface area contributed by atoms with E-state index < -0.39 is 41.5 Å². The number of rotatable bonds is 13. The number of piperazine rings is 1. The second kappa shape index (κ2) is 14.3. The number of aryl methyl sites for hydroxylation is 1. The summed E-state index contributed by atoms with van der Waals surface area (Å²) in [4.78, 5) is 41.2. The van der Waals surface area contributed by atoms with E-state index in [0.717, 1.165) is 30.2 Å². The maximum absolute atomic E-state index is 13.9. The maximum atomic E-state index is 13.9. The summed E-state index contributed by atoms with van der Waals surface area (Å²) in [6, 6.07) is 9.94. The van der Waals surface area contributed by atoms with Crippen LogP contribution in [0.25, 0.3) is 0 Å². The largest absolute Gasteiger partial charge is 0.390 e. The molecule has 3 atom stereocenters. The molecule has 40 heavy (non-hydrogen) atoms. The van der Waals surface area contributed by atoms with E-state index >= 15 is 0 Å². The Morgan fingerprint density at radius 1 is 1.02 bits per heavy atom. The molecule has 1 aliphatic rings. The molecule has 0 unspecified atom stereocenters. The highest BCUT2D eigenvalue weighted by atomic mass is 19.1. The van der Waals surface area contributed by atoms with Crippen LogP contribution in [0.2, 0.25) is 0 Å². The monoisotopic (exact) mass is 558 g/mol. The zero-order valence-corrected chi connectivity index (χ0v) is 23.6. The molecule has 0 bridgehead atoms. The smallest absolute Gasteiger partial charge is 0.312 e. The summed E-state index contributed by atoms with van der Waals surface area (Å²) in [5, 5.41) is 16.9. The van der Waals surface area contributed by atoms with E-state index in [9.17, 15) is 28.3 Å². The summed E-state index contributed by atoms with van der Waals surface area (Å²) >= 11 is 0. The van der Waals surface area contributed by atoms with Gasteiger partial charge in [-0.1, -0.05) is 45.0 Å². The van der Waals surface area contributed by atoms with Crippen molar-refractivity contribution in [1.82, 2.24) is 20.4 Å². The van der Waals surface area contributed by atoms with Gasteiger partial charge in [-0.3, -0.25) is 14.4 Å². The number of carbonyl (C=O) groups excluding carboxylic acids is 3. The van der Waals surface area contributed by atoms with Gasteiger partial charge in [0.2, 0.25) is 5.91 Å². The van der Waals surface area contributed by atoms with Gasteiger partial charge in [-0.05, 0) is 54.5 Å². The van der Waals surface area contributed by atoms with Gasteiger partial charge in [0.15, 0.2) is 0 Å². The van der Waals surface area contributed by atoms with Crippen LogP contribution >= 0.6 is 0 Å². The Hall–Kier alpha value is -3.37. The first-order chi connectivity index (χ1) is 19.0. The van der Waals surface area contributed by atoms with Crippen LogP contribution in [0.1, 0.15) is 44.4 Å². The van der Waals surface area contributed by atoms with Gasteiger partial charge in [-0.15, -0.1) is 0 Å². The van der Waals surface area contributed by atoms with Crippen molar-refractivity contribution in [2.75, 3.05) is 26.2 Å². The van der Waals surface area contributed by atoms with Crippen LogP contribution in [-0.4, -0.2) is 77.0 Å². The molecule has 0 aromatic heterocycles. The molecule has 3 N–H and O–H groups in total. The lowest BCUT2D eigenvalue weighted by atomic mass is 9.98. The van der Waals surface area contributed by atoms with Gasteiger partial charge in [0, 0.05) is 32.2 Å². The van der Waals surface area contributed by atoms with Crippen molar-refractivity contribution < 1.29 is 28.3 Å². The van der Waals surface area contributed by atoms with E-state index in [1.54, 1.807) is 6.92 Å². The van der Waals surface area contributed by atoms with Gasteiger partial charge in [0.05, 0.1) is 18.2 Å². The molecule has 218 valence electrons. The maximum Gasteiger partial charge on any atom is 0.312 e. The molecule has 0 aliphatic carbocycles. The summed E-state index contributed by atoms with van der Waals surface area (Å²) in [6.45, 7) is 8.58. The SMILES string of the molecule is CCc1cccc(CNC[C@H](O)[C@H](Cc2cc(F)cc(F)c2)NC(=O)CN2C[C@H](C(C)C)N(CC)C(=O)C2=O)c1. The molecule has 2 aromatic carbocycles. The van der Waals surface area contributed by atoms with Crippen LogP contribution in [0.5, 0.6) is 0 Å². The van der Waals surface area contributed by atoms with E-state index in [4.69, 9.17) is 0 Å². The Bertz CT molecular complexity index is 1170. The number of amides is 3. The minimum atomic E-state index is -1.11. The predicted octanol–water partition coefficient (Wildman–Crippen LogP) is 2.42. The molecule has 3 rings (SSSR count). The summed E-state index contributed by atoms with van der Waals surface area (Å²) in [6.07, 6.45) is -0.254. The topological polar surface area (TPSA) is 102 Å². The molecule has 0 radical (unpaired) electrons. The average Bonchev–Trinajstić information content (AvgIpc) is 2.90. The van der Waals surface area contributed by atoms with Crippen LogP contribution in [-0.2, 0) is 33.8 Å². The number of likely N-dealkylation sites (N-methyl/N-ethyl adjacent to an activating group) is 1.